The van der Waals surface area contributed by atoms with Gasteiger partial charge in [-0.25, -0.2) is 4.99 Å². The Bertz CT molecular complexity index is 210. The molecule has 0 saturated carbocycles. The third-order valence-electron chi connectivity index (χ3n) is 1.17. The van der Waals surface area contributed by atoms with Crippen LogP contribution in [0.3, 0.4) is 0 Å². The van der Waals surface area contributed by atoms with Gasteiger partial charge in [-0.1, -0.05) is 11.6 Å². The summed E-state index contributed by atoms with van der Waals surface area (Å²) in [5.74, 6) is -0.0238. The predicted molar refractivity (Wildman–Crippen MR) is 39.8 cm³/mol. The monoisotopic (exact) mass is 158 g/mol. The van der Waals surface area contributed by atoms with E-state index in [9.17, 15) is 4.79 Å². The summed E-state index contributed by atoms with van der Waals surface area (Å²) in [5, 5.41) is 0.442. The van der Waals surface area contributed by atoms with Gasteiger partial charge in [0.25, 0.3) is 0 Å². The van der Waals surface area contributed by atoms with E-state index >= 15 is 0 Å². The summed E-state index contributed by atoms with van der Waals surface area (Å²) in [4.78, 5) is 16.0. The van der Waals surface area contributed by atoms with Gasteiger partial charge in [-0.05, 0) is 0 Å². The van der Waals surface area contributed by atoms with Crippen molar-refractivity contribution in [3.8, 4) is 0 Å². The van der Waals surface area contributed by atoms with E-state index in [0.717, 1.165) is 0 Å². The van der Waals surface area contributed by atoms with Crippen molar-refractivity contribution in [3.63, 3.8) is 0 Å². The number of amides is 1. The quantitative estimate of drug-likeness (QED) is 0.517. The minimum atomic E-state index is -0.0238. The van der Waals surface area contributed by atoms with E-state index in [2.05, 4.69) is 4.99 Å². The van der Waals surface area contributed by atoms with Crippen LogP contribution in [0.1, 0.15) is 6.92 Å². The Morgan fingerprint density at radius 2 is 2.60 bits per heavy atom. The van der Waals surface area contributed by atoms with Crippen molar-refractivity contribution >= 4 is 22.7 Å². The van der Waals surface area contributed by atoms with Gasteiger partial charge >= 0.3 is 0 Å². The van der Waals surface area contributed by atoms with Crippen molar-refractivity contribution < 1.29 is 4.79 Å². The molecule has 0 saturated heterocycles. The summed E-state index contributed by atoms with van der Waals surface area (Å²) in [7, 11) is 0. The lowest BCUT2D eigenvalue weighted by Crippen LogP contribution is -2.28. The molecule has 1 rings (SSSR count). The maximum absolute atomic E-state index is 10.7. The minimum absolute atomic E-state index is 0.0238. The normalized spacial score (nSPS) is 17.0. The van der Waals surface area contributed by atoms with E-state index in [-0.39, 0.29) is 5.91 Å². The lowest BCUT2D eigenvalue weighted by Gasteiger charge is -2.16. The van der Waals surface area contributed by atoms with Gasteiger partial charge in [0, 0.05) is 19.3 Å². The van der Waals surface area contributed by atoms with Crippen molar-refractivity contribution in [2.24, 2.45) is 4.99 Å². The first-order valence-electron chi connectivity index (χ1n) is 2.86. The molecule has 10 heavy (non-hydrogen) atoms. The van der Waals surface area contributed by atoms with Crippen molar-refractivity contribution in [3.05, 3.63) is 12.4 Å². The number of aliphatic imine (C=N–C) groups is 1. The van der Waals surface area contributed by atoms with Gasteiger partial charge in [0.15, 0.2) is 0 Å². The molecule has 0 aromatic rings. The lowest BCUT2D eigenvalue weighted by atomic mass is 10.5. The van der Waals surface area contributed by atoms with Crippen molar-refractivity contribution in [2.75, 3.05) is 6.54 Å². The van der Waals surface area contributed by atoms with Crippen LogP contribution in [0, 0.1) is 0 Å². The molecule has 1 aliphatic rings. The molecule has 0 unspecified atom stereocenters. The molecule has 0 aliphatic carbocycles. The van der Waals surface area contributed by atoms with Crippen LogP contribution in [0.5, 0.6) is 0 Å². The van der Waals surface area contributed by atoms with Crippen LogP contribution in [0.4, 0.5) is 0 Å². The Hall–Kier alpha value is -0.830. The van der Waals surface area contributed by atoms with Crippen LogP contribution in [0.15, 0.2) is 17.4 Å². The molecule has 0 fully saturated rings. The lowest BCUT2D eigenvalue weighted by molar-refractivity contribution is -0.125. The van der Waals surface area contributed by atoms with Crippen molar-refractivity contribution in [1.82, 2.24) is 4.90 Å². The Morgan fingerprint density at radius 1 is 1.90 bits per heavy atom. The van der Waals surface area contributed by atoms with Crippen LogP contribution < -0.4 is 0 Å². The van der Waals surface area contributed by atoms with Gasteiger partial charge in [0.05, 0.1) is 6.54 Å². The Labute approximate surface area is 64.0 Å². The van der Waals surface area contributed by atoms with E-state index in [4.69, 9.17) is 11.6 Å². The molecule has 54 valence electrons. The predicted octanol–water partition coefficient (Wildman–Crippen LogP) is 0.957. The van der Waals surface area contributed by atoms with Gasteiger partial charge in [0.1, 0.15) is 5.17 Å². The first-order valence-corrected chi connectivity index (χ1v) is 3.24. The molecule has 3 nitrogen and oxygen atoms in total. The van der Waals surface area contributed by atoms with Crippen LogP contribution in [-0.2, 0) is 4.79 Å². The number of carbonyl (C=O) groups is 1. The van der Waals surface area contributed by atoms with Gasteiger partial charge in [0.2, 0.25) is 5.91 Å². The summed E-state index contributed by atoms with van der Waals surface area (Å²) in [6.07, 6.45) is 3.11. The molecule has 1 heterocycles. The van der Waals surface area contributed by atoms with Crippen molar-refractivity contribution in [2.45, 2.75) is 6.92 Å². The van der Waals surface area contributed by atoms with E-state index < -0.39 is 0 Å². The van der Waals surface area contributed by atoms with Gasteiger partial charge in [-0.3, -0.25) is 4.79 Å². The fourth-order valence-electron chi connectivity index (χ4n) is 0.645. The Morgan fingerprint density at radius 3 is 3.00 bits per heavy atom. The number of nitrogens with zero attached hydrogens (tertiary/aromatic N) is 2. The number of hydrogen-bond donors (Lipinski definition) is 0. The van der Waals surface area contributed by atoms with Gasteiger partial charge in [-0.15, -0.1) is 0 Å². The molecule has 0 N–H and O–H groups in total. The SMILES string of the molecule is CC(=O)N1C=CN=C(Cl)C1. The van der Waals surface area contributed by atoms with Crippen molar-refractivity contribution in [1.29, 1.82) is 0 Å². The maximum Gasteiger partial charge on any atom is 0.223 e. The van der Waals surface area contributed by atoms with Crippen LogP contribution in [-0.4, -0.2) is 22.5 Å². The highest BCUT2D eigenvalue weighted by Gasteiger charge is 2.09. The largest absolute Gasteiger partial charge is 0.311 e. The molecule has 0 spiro atoms. The molecule has 0 radical (unpaired) electrons. The molecule has 4 heteroatoms. The summed E-state index contributed by atoms with van der Waals surface area (Å²) >= 11 is 5.56. The standard InChI is InChI=1S/C6H7ClN2O/c1-5(10)9-3-2-8-6(7)4-9/h2-3H,4H2,1H3. The molecular weight excluding hydrogens is 152 g/mol. The highest BCUT2D eigenvalue weighted by Crippen LogP contribution is 2.01. The van der Waals surface area contributed by atoms with Gasteiger partial charge in [-0.2, -0.15) is 0 Å². The second-order valence-corrected chi connectivity index (χ2v) is 2.39. The zero-order valence-corrected chi connectivity index (χ0v) is 6.30. The third kappa shape index (κ3) is 1.57. The summed E-state index contributed by atoms with van der Waals surface area (Å²) < 4.78 is 0. The topological polar surface area (TPSA) is 32.7 Å². The molecular formula is C6H7ClN2O. The molecule has 0 aromatic carbocycles. The Balaban J connectivity index is 2.64. The number of carbonyl (C=O) groups excluding carboxylic acids is 1. The fraction of sp³-hybridized carbons (Fsp3) is 0.333. The average molecular weight is 159 g/mol. The third-order valence-corrected chi connectivity index (χ3v) is 1.38. The number of hydrogen-bond acceptors (Lipinski definition) is 2. The molecule has 1 aliphatic heterocycles. The van der Waals surface area contributed by atoms with Crippen LogP contribution >= 0.6 is 11.6 Å². The Kier molecular flexibility index (Phi) is 2.06. The molecule has 0 aromatic heterocycles. The highest BCUT2D eigenvalue weighted by atomic mass is 35.5. The first kappa shape index (κ1) is 7.28. The van der Waals surface area contributed by atoms with Gasteiger partial charge < -0.3 is 4.90 Å². The first-order chi connectivity index (χ1) is 4.70. The fourth-order valence-corrected chi connectivity index (χ4v) is 0.830. The second-order valence-electron chi connectivity index (χ2n) is 1.95. The molecule has 1 amide bonds. The summed E-state index contributed by atoms with van der Waals surface area (Å²) in [5.41, 5.74) is 0. The number of halogens is 1. The summed E-state index contributed by atoms with van der Waals surface area (Å²) in [6, 6.07) is 0. The highest BCUT2D eigenvalue weighted by molar-refractivity contribution is 6.66. The molecule has 0 atom stereocenters. The van der Waals surface area contributed by atoms with E-state index in [1.165, 1.54) is 18.0 Å². The zero-order chi connectivity index (χ0) is 7.56. The molecule has 0 bridgehead atoms. The summed E-state index contributed by atoms with van der Waals surface area (Å²) in [6.45, 7) is 1.88. The maximum atomic E-state index is 10.7. The van der Waals surface area contributed by atoms with Crippen LogP contribution in [0.25, 0.3) is 0 Å². The van der Waals surface area contributed by atoms with Crippen LogP contribution in [0.2, 0.25) is 0 Å². The zero-order valence-electron chi connectivity index (χ0n) is 5.54. The smallest absolute Gasteiger partial charge is 0.223 e. The van der Waals surface area contributed by atoms with E-state index in [1.54, 1.807) is 6.20 Å². The van der Waals surface area contributed by atoms with E-state index in [1.807, 2.05) is 0 Å². The minimum Gasteiger partial charge on any atom is -0.311 e. The average Bonchev–Trinajstić information content (AvgIpc) is 1.88. The second kappa shape index (κ2) is 2.84. The number of rotatable bonds is 0. The van der Waals surface area contributed by atoms with E-state index in [0.29, 0.717) is 11.7 Å².